The first-order valence-corrected chi connectivity index (χ1v) is 11.5. The van der Waals surface area contributed by atoms with E-state index in [1.165, 1.54) is 12.1 Å². The Bertz CT molecular complexity index is 1180. The van der Waals surface area contributed by atoms with Crippen LogP contribution in [0.25, 0.3) is 11.0 Å². The third-order valence-electron chi connectivity index (χ3n) is 6.29. The predicted molar refractivity (Wildman–Crippen MR) is 129 cm³/mol. The fourth-order valence-corrected chi connectivity index (χ4v) is 4.43. The van der Waals surface area contributed by atoms with Crippen molar-refractivity contribution in [1.29, 1.82) is 0 Å². The van der Waals surface area contributed by atoms with Gasteiger partial charge in [0.1, 0.15) is 24.0 Å². The minimum Gasteiger partial charge on any atom is -0.489 e. The molecule has 5 nitrogen and oxygen atoms in total. The number of benzene rings is 3. The van der Waals surface area contributed by atoms with Crippen LogP contribution in [0.5, 0.6) is 5.75 Å². The summed E-state index contributed by atoms with van der Waals surface area (Å²) in [6.07, 6.45) is 2.20. The summed E-state index contributed by atoms with van der Waals surface area (Å²) in [5.41, 5.74) is 3.88. The van der Waals surface area contributed by atoms with Gasteiger partial charge in [0.25, 0.3) is 0 Å². The second-order valence-electron chi connectivity index (χ2n) is 8.81. The number of H-pyrrole nitrogens is 1. The van der Waals surface area contributed by atoms with E-state index < -0.39 is 0 Å². The molecule has 3 aromatic carbocycles. The number of imidazole rings is 1. The summed E-state index contributed by atoms with van der Waals surface area (Å²) in [5, 5.41) is 3.85. The van der Waals surface area contributed by atoms with Crippen LogP contribution in [-0.2, 0) is 6.61 Å². The summed E-state index contributed by atoms with van der Waals surface area (Å²) in [4.78, 5) is 10.8. The van der Waals surface area contributed by atoms with Crippen molar-refractivity contribution < 1.29 is 9.13 Å². The van der Waals surface area contributed by atoms with E-state index in [1.807, 2.05) is 36.4 Å². The van der Waals surface area contributed by atoms with Crippen molar-refractivity contribution in [3.63, 3.8) is 0 Å². The number of hydrogen-bond donors (Lipinski definition) is 2. The zero-order chi connectivity index (χ0) is 22.6. The average Bonchev–Trinajstić information content (AvgIpc) is 3.27. The number of halogens is 1. The molecule has 1 fully saturated rings. The van der Waals surface area contributed by atoms with E-state index in [4.69, 9.17) is 9.72 Å². The quantitative estimate of drug-likeness (QED) is 0.419. The Kier molecular flexibility index (Phi) is 6.37. The Labute approximate surface area is 193 Å². The van der Waals surface area contributed by atoms with Crippen LogP contribution in [0.4, 0.5) is 4.39 Å². The fourth-order valence-electron chi connectivity index (χ4n) is 4.43. The van der Waals surface area contributed by atoms with E-state index in [9.17, 15) is 4.39 Å². The van der Waals surface area contributed by atoms with Crippen LogP contribution >= 0.6 is 0 Å². The molecule has 1 aromatic heterocycles. The van der Waals surface area contributed by atoms with Crippen molar-refractivity contribution in [2.45, 2.75) is 31.5 Å². The highest BCUT2D eigenvalue weighted by atomic mass is 19.1. The number of piperidine rings is 1. The van der Waals surface area contributed by atoms with Crippen molar-refractivity contribution >= 4 is 11.0 Å². The molecular formula is C27H29FN4O. The zero-order valence-electron chi connectivity index (χ0n) is 18.8. The number of rotatable bonds is 7. The van der Waals surface area contributed by atoms with E-state index >= 15 is 0 Å². The van der Waals surface area contributed by atoms with E-state index in [2.05, 4.69) is 40.4 Å². The van der Waals surface area contributed by atoms with E-state index in [-0.39, 0.29) is 11.9 Å². The third kappa shape index (κ3) is 5.24. The lowest BCUT2D eigenvalue weighted by Crippen LogP contribution is -2.42. The number of nitrogens with zero attached hydrogens (tertiary/aromatic N) is 2. The molecule has 6 heteroatoms. The van der Waals surface area contributed by atoms with Gasteiger partial charge >= 0.3 is 0 Å². The van der Waals surface area contributed by atoms with Gasteiger partial charge in [-0.3, -0.25) is 0 Å². The summed E-state index contributed by atoms with van der Waals surface area (Å²) in [5.74, 6) is 1.40. The Morgan fingerprint density at radius 2 is 1.88 bits per heavy atom. The van der Waals surface area contributed by atoms with Gasteiger partial charge in [-0.05, 0) is 80.5 Å². The van der Waals surface area contributed by atoms with Gasteiger partial charge in [0.15, 0.2) is 0 Å². The smallest absolute Gasteiger partial charge is 0.129 e. The third-order valence-corrected chi connectivity index (χ3v) is 6.29. The molecule has 1 unspecified atom stereocenters. The number of likely N-dealkylation sites (tertiary alicyclic amines) is 1. The van der Waals surface area contributed by atoms with Crippen molar-refractivity contribution in [3.05, 3.63) is 95.6 Å². The summed E-state index contributed by atoms with van der Waals surface area (Å²) >= 11 is 0. The van der Waals surface area contributed by atoms with E-state index in [1.54, 1.807) is 6.07 Å². The molecule has 2 heterocycles. The predicted octanol–water partition coefficient (Wildman–Crippen LogP) is 5.05. The summed E-state index contributed by atoms with van der Waals surface area (Å²) < 4.78 is 19.5. The number of nitrogens with one attached hydrogen (secondary N) is 2. The summed E-state index contributed by atoms with van der Waals surface area (Å²) in [7, 11) is 2.17. The number of fused-ring (bicyclic) bond motifs is 1. The number of para-hydroxylation sites is 2. The number of ether oxygens (including phenoxy) is 1. The van der Waals surface area contributed by atoms with Gasteiger partial charge in [-0.25, -0.2) is 9.37 Å². The van der Waals surface area contributed by atoms with Gasteiger partial charge in [-0.15, -0.1) is 0 Å². The molecule has 170 valence electrons. The fraction of sp³-hybridized carbons (Fsp3) is 0.296. The van der Waals surface area contributed by atoms with Crippen LogP contribution in [0, 0.1) is 5.82 Å². The van der Waals surface area contributed by atoms with Crippen LogP contribution in [0.3, 0.4) is 0 Å². The second kappa shape index (κ2) is 9.73. The molecule has 0 bridgehead atoms. The normalized spacial score (nSPS) is 16.2. The Hall–Kier alpha value is -3.22. The minimum absolute atomic E-state index is 0.0801. The number of aromatic amines is 1. The molecule has 0 saturated carbocycles. The average molecular weight is 445 g/mol. The molecule has 5 rings (SSSR count). The van der Waals surface area contributed by atoms with Crippen molar-refractivity contribution in [2.75, 3.05) is 20.1 Å². The first kappa shape index (κ1) is 21.6. The standard InChI is InChI=1S/C27H29FN4O/c1-32-14-12-22(13-15-32)29-26(27-30-24-10-2-3-11-25(24)31-27)20-7-5-9-23(17-20)33-18-19-6-4-8-21(28)16-19/h2-11,16-17,22,26,29H,12-15,18H2,1H3,(H,30,31). The molecule has 0 spiro atoms. The van der Waals surface area contributed by atoms with Gasteiger partial charge in [0.05, 0.1) is 17.1 Å². The highest BCUT2D eigenvalue weighted by Gasteiger charge is 2.24. The zero-order valence-corrected chi connectivity index (χ0v) is 18.8. The minimum atomic E-state index is -0.253. The van der Waals surface area contributed by atoms with Gasteiger partial charge in [0.2, 0.25) is 0 Å². The van der Waals surface area contributed by atoms with Gasteiger partial charge in [-0.1, -0.05) is 36.4 Å². The SMILES string of the molecule is CN1CCC(NC(c2cccc(OCc3cccc(F)c3)c2)c2nc3ccccc3[nH]2)CC1. The highest BCUT2D eigenvalue weighted by molar-refractivity contribution is 5.75. The molecular weight excluding hydrogens is 415 g/mol. The van der Waals surface area contributed by atoms with Gasteiger partial charge in [0, 0.05) is 6.04 Å². The van der Waals surface area contributed by atoms with Crippen LogP contribution in [0.2, 0.25) is 0 Å². The Morgan fingerprint density at radius 3 is 2.70 bits per heavy atom. The highest BCUT2D eigenvalue weighted by Crippen LogP contribution is 2.28. The maximum Gasteiger partial charge on any atom is 0.129 e. The lowest BCUT2D eigenvalue weighted by Gasteiger charge is -2.32. The van der Waals surface area contributed by atoms with Crippen molar-refractivity contribution in [2.24, 2.45) is 0 Å². The first-order chi connectivity index (χ1) is 16.1. The lowest BCUT2D eigenvalue weighted by atomic mass is 10.0. The van der Waals surface area contributed by atoms with Crippen LogP contribution in [-0.4, -0.2) is 41.0 Å². The topological polar surface area (TPSA) is 53.2 Å². The molecule has 2 N–H and O–H groups in total. The monoisotopic (exact) mass is 444 g/mol. The summed E-state index contributed by atoms with van der Waals surface area (Å²) in [6, 6.07) is 23.1. The lowest BCUT2D eigenvalue weighted by molar-refractivity contribution is 0.228. The number of aromatic nitrogens is 2. The van der Waals surface area contributed by atoms with Crippen molar-refractivity contribution in [1.82, 2.24) is 20.2 Å². The van der Waals surface area contributed by atoms with Crippen LogP contribution < -0.4 is 10.1 Å². The Morgan fingerprint density at radius 1 is 1.06 bits per heavy atom. The van der Waals surface area contributed by atoms with Crippen LogP contribution in [0.15, 0.2) is 72.8 Å². The second-order valence-corrected chi connectivity index (χ2v) is 8.81. The Balaban J connectivity index is 1.41. The van der Waals surface area contributed by atoms with Gasteiger partial charge < -0.3 is 19.9 Å². The maximum absolute atomic E-state index is 13.5. The first-order valence-electron chi connectivity index (χ1n) is 11.5. The molecule has 33 heavy (non-hydrogen) atoms. The number of hydrogen-bond acceptors (Lipinski definition) is 4. The van der Waals surface area contributed by atoms with E-state index in [0.29, 0.717) is 12.6 Å². The van der Waals surface area contributed by atoms with Crippen molar-refractivity contribution in [3.8, 4) is 5.75 Å². The summed E-state index contributed by atoms with van der Waals surface area (Å²) in [6.45, 7) is 2.49. The van der Waals surface area contributed by atoms with Gasteiger partial charge in [-0.2, -0.15) is 0 Å². The molecule has 0 radical (unpaired) electrons. The molecule has 1 aliphatic heterocycles. The molecule has 4 aromatic rings. The molecule has 0 aliphatic carbocycles. The molecule has 1 aliphatic rings. The molecule has 1 atom stereocenters. The van der Waals surface area contributed by atoms with E-state index in [0.717, 1.165) is 59.7 Å². The molecule has 1 saturated heterocycles. The largest absolute Gasteiger partial charge is 0.489 e. The van der Waals surface area contributed by atoms with Crippen LogP contribution in [0.1, 0.15) is 35.8 Å². The molecule has 0 amide bonds. The maximum atomic E-state index is 13.5.